The van der Waals surface area contributed by atoms with Crippen LogP contribution in [0.1, 0.15) is 37.3 Å². The summed E-state index contributed by atoms with van der Waals surface area (Å²) in [5.74, 6) is -1.34. The summed E-state index contributed by atoms with van der Waals surface area (Å²) < 4.78 is 5.25. The molecule has 1 aromatic rings. The highest BCUT2D eigenvalue weighted by Crippen LogP contribution is 2.43. The zero-order valence-electron chi connectivity index (χ0n) is 11.2. The van der Waals surface area contributed by atoms with Crippen LogP contribution in [0.3, 0.4) is 0 Å². The van der Waals surface area contributed by atoms with Crippen molar-refractivity contribution >= 4 is 11.9 Å². The zero-order valence-corrected chi connectivity index (χ0v) is 11.2. The van der Waals surface area contributed by atoms with Gasteiger partial charge in [-0.2, -0.15) is 0 Å². The lowest BCUT2D eigenvalue weighted by Crippen LogP contribution is -2.44. The molecule has 1 N–H and O–H groups in total. The van der Waals surface area contributed by atoms with Crippen LogP contribution >= 0.6 is 0 Å². The van der Waals surface area contributed by atoms with E-state index < -0.39 is 23.5 Å². The van der Waals surface area contributed by atoms with Crippen molar-refractivity contribution in [3.63, 3.8) is 0 Å². The first-order valence-electron chi connectivity index (χ1n) is 6.44. The number of aliphatic carboxylic acids is 1. The molecule has 19 heavy (non-hydrogen) atoms. The van der Waals surface area contributed by atoms with Crippen molar-refractivity contribution in [3.05, 3.63) is 35.4 Å². The molecule has 0 amide bonds. The number of carboxylic acids is 1. The topological polar surface area (TPSA) is 63.6 Å². The van der Waals surface area contributed by atoms with E-state index in [1.165, 1.54) is 6.92 Å². The van der Waals surface area contributed by atoms with Crippen molar-refractivity contribution < 1.29 is 19.4 Å². The van der Waals surface area contributed by atoms with Gasteiger partial charge in [0.25, 0.3) is 0 Å². The van der Waals surface area contributed by atoms with Crippen LogP contribution in [-0.2, 0) is 19.7 Å². The Bertz CT molecular complexity index is 491. The maximum Gasteiger partial charge on any atom is 0.317 e. The van der Waals surface area contributed by atoms with E-state index in [2.05, 4.69) is 0 Å². The third-order valence-electron chi connectivity index (χ3n) is 3.84. The molecule has 102 valence electrons. The molecular weight excluding hydrogens is 244 g/mol. The molecule has 1 fully saturated rings. The summed E-state index contributed by atoms with van der Waals surface area (Å²) in [6, 6.07) is 7.43. The number of ether oxygens (including phenoxy) is 1. The van der Waals surface area contributed by atoms with Crippen LogP contribution in [0.5, 0.6) is 0 Å². The van der Waals surface area contributed by atoms with Crippen LogP contribution in [0.15, 0.2) is 24.3 Å². The molecule has 1 aliphatic rings. The molecule has 4 nitrogen and oxygen atoms in total. The lowest BCUT2D eigenvalue weighted by atomic mass is 9.77. The smallest absolute Gasteiger partial charge is 0.317 e. The molecule has 1 saturated carbocycles. The monoisotopic (exact) mass is 262 g/mol. The second-order valence-corrected chi connectivity index (χ2v) is 5.13. The Morgan fingerprint density at radius 2 is 1.95 bits per heavy atom. The van der Waals surface area contributed by atoms with Gasteiger partial charge in [0.1, 0.15) is 11.5 Å². The Hall–Kier alpha value is -1.84. The maximum absolute atomic E-state index is 11.8. The molecular formula is C15H18O4. The van der Waals surface area contributed by atoms with E-state index in [1.54, 1.807) is 0 Å². The SMILES string of the molecule is CC(=O)OC1CCCC1(C(=O)O)c1ccc(C)cc1. The number of hydrogen-bond donors (Lipinski definition) is 1. The van der Waals surface area contributed by atoms with Crippen molar-refractivity contribution in [1.82, 2.24) is 0 Å². The van der Waals surface area contributed by atoms with E-state index in [0.717, 1.165) is 12.0 Å². The summed E-state index contributed by atoms with van der Waals surface area (Å²) >= 11 is 0. The van der Waals surface area contributed by atoms with E-state index in [4.69, 9.17) is 4.74 Å². The molecule has 0 radical (unpaired) electrons. The quantitative estimate of drug-likeness (QED) is 0.850. The van der Waals surface area contributed by atoms with Crippen LogP contribution in [0.2, 0.25) is 0 Å². The molecule has 0 heterocycles. The Labute approximate surface area is 112 Å². The van der Waals surface area contributed by atoms with Gasteiger partial charge in [-0.15, -0.1) is 0 Å². The molecule has 1 aliphatic carbocycles. The molecule has 2 unspecified atom stereocenters. The number of carbonyl (C=O) groups is 2. The second-order valence-electron chi connectivity index (χ2n) is 5.13. The van der Waals surface area contributed by atoms with Crippen LogP contribution in [-0.4, -0.2) is 23.1 Å². The first kappa shape index (κ1) is 13.6. The fraction of sp³-hybridized carbons (Fsp3) is 0.467. The van der Waals surface area contributed by atoms with Gasteiger partial charge in [0.15, 0.2) is 0 Å². The van der Waals surface area contributed by atoms with E-state index in [0.29, 0.717) is 18.4 Å². The first-order valence-corrected chi connectivity index (χ1v) is 6.44. The van der Waals surface area contributed by atoms with Crippen LogP contribution in [0.4, 0.5) is 0 Å². The summed E-state index contributed by atoms with van der Waals surface area (Å²) in [5.41, 5.74) is 0.694. The molecule has 1 aromatic carbocycles. The summed E-state index contributed by atoms with van der Waals surface area (Å²) in [6.45, 7) is 3.27. The van der Waals surface area contributed by atoms with E-state index in [-0.39, 0.29) is 0 Å². The lowest BCUT2D eigenvalue weighted by molar-refractivity contribution is -0.157. The van der Waals surface area contributed by atoms with E-state index in [9.17, 15) is 14.7 Å². The molecule has 0 saturated heterocycles. The third kappa shape index (κ3) is 2.35. The summed E-state index contributed by atoms with van der Waals surface area (Å²) in [7, 11) is 0. The van der Waals surface area contributed by atoms with Gasteiger partial charge in [0.2, 0.25) is 0 Å². The van der Waals surface area contributed by atoms with Crippen molar-refractivity contribution in [2.75, 3.05) is 0 Å². The van der Waals surface area contributed by atoms with Gasteiger partial charge in [-0.1, -0.05) is 29.8 Å². The Morgan fingerprint density at radius 3 is 2.47 bits per heavy atom. The van der Waals surface area contributed by atoms with E-state index in [1.807, 2.05) is 31.2 Å². The average molecular weight is 262 g/mol. The minimum atomic E-state index is -1.10. The highest BCUT2D eigenvalue weighted by Gasteiger charge is 2.52. The Morgan fingerprint density at radius 1 is 1.32 bits per heavy atom. The molecule has 2 rings (SSSR count). The number of rotatable bonds is 3. The highest BCUT2D eigenvalue weighted by atomic mass is 16.5. The van der Waals surface area contributed by atoms with Gasteiger partial charge in [0.05, 0.1) is 0 Å². The standard InChI is InChI=1S/C15H18O4/c1-10-5-7-12(8-6-10)15(14(17)18)9-3-4-13(15)19-11(2)16/h5-8,13H,3-4,9H2,1-2H3,(H,17,18). The van der Waals surface area contributed by atoms with Crippen LogP contribution in [0.25, 0.3) is 0 Å². The summed E-state index contributed by atoms with van der Waals surface area (Å²) in [6.07, 6.45) is 1.27. The normalized spacial score (nSPS) is 26.1. The molecule has 0 aromatic heterocycles. The van der Waals surface area contributed by atoms with Crippen molar-refractivity contribution in [2.24, 2.45) is 0 Å². The molecule has 0 aliphatic heterocycles. The summed E-state index contributed by atoms with van der Waals surface area (Å²) in [5, 5.41) is 9.68. The number of aryl methyl sites for hydroxylation is 1. The van der Waals surface area contributed by atoms with Gasteiger partial charge in [-0.3, -0.25) is 9.59 Å². The predicted molar refractivity (Wildman–Crippen MR) is 69.9 cm³/mol. The lowest BCUT2D eigenvalue weighted by Gasteiger charge is -2.31. The first-order chi connectivity index (χ1) is 8.96. The molecule has 0 spiro atoms. The second kappa shape index (κ2) is 5.03. The number of carboxylic acid groups (broad SMARTS) is 1. The zero-order chi connectivity index (χ0) is 14.0. The van der Waals surface area contributed by atoms with Crippen molar-refractivity contribution in [3.8, 4) is 0 Å². The van der Waals surface area contributed by atoms with E-state index >= 15 is 0 Å². The van der Waals surface area contributed by atoms with Crippen LogP contribution < -0.4 is 0 Å². The largest absolute Gasteiger partial charge is 0.480 e. The van der Waals surface area contributed by atoms with Gasteiger partial charge in [-0.05, 0) is 31.7 Å². The highest BCUT2D eigenvalue weighted by molar-refractivity contribution is 5.83. The van der Waals surface area contributed by atoms with Gasteiger partial charge in [0, 0.05) is 6.92 Å². The van der Waals surface area contributed by atoms with Crippen molar-refractivity contribution in [2.45, 2.75) is 44.6 Å². The Kier molecular flexibility index (Phi) is 3.60. The van der Waals surface area contributed by atoms with Gasteiger partial charge >= 0.3 is 11.9 Å². The Balaban J connectivity index is 2.44. The minimum absolute atomic E-state index is 0.426. The van der Waals surface area contributed by atoms with Gasteiger partial charge < -0.3 is 9.84 Å². The fourth-order valence-electron chi connectivity index (χ4n) is 2.88. The molecule has 4 heteroatoms. The number of benzene rings is 1. The van der Waals surface area contributed by atoms with Crippen LogP contribution in [0, 0.1) is 6.92 Å². The minimum Gasteiger partial charge on any atom is -0.480 e. The summed E-state index contributed by atoms with van der Waals surface area (Å²) in [4.78, 5) is 23.0. The fourth-order valence-corrected chi connectivity index (χ4v) is 2.88. The van der Waals surface area contributed by atoms with Crippen molar-refractivity contribution in [1.29, 1.82) is 0 Å². The average Bonchev–Trinajstić information content (AvgIpc) is 2.74. The predicted octanol–water partition coefficient (Wildman–Crippen LogP) is 2.43. The number of hydrogen-bond acceptors (Lipinski definition) is 3. The molecule has 2 atom stereocenters. The third-order valence-corrected chi connectivity index (χ3v) is 3.84. The number of carbonyl (C=O) groups excluding carboxylic acids is 1. The number of esters is 1. The maximum atomic E-state index is 11.8. The molecule has 0 bridgehead atoms. The van der Waals surface area contributed by atoms with Gasteiger partial charge in [-0.25, -0.2) is 0 Å².